The van der Waals surface area contributed by atoms with E-state index in [-0.39, 0.29) is 18.4 Å². The second-order valence-corrected chi connectivity index (χ2v) is 5.36. The Balaban J connectivity index is 2.19. The number of carbonyl (C=O) groups excluding carboxylic acids is 3. The Morgan fingerprint density at radius 2 is 1.95 bits per heavy atom. The third kappa shape index (κ3) is 3.05. The SMILES string of the molecule is NNC(=O)c1ccc(CN2C(=O)CCCC2=O)c(Br)c1. The summed E-state index contributed by atoms with van der Waals surface area (Å²) in [6.07, 6.45) is 1.42. The van der Waals surface area contributed by atoms with Crippen LogP contribution in [0, 0.1) is 0 Å². The largest absolute Gasteiger partial charge is 0.290 e. The summed E-state index contributed by atoms with van der Waals surface area (Å²) in [4.78, 5) is 36.2. The van der Waals surface area contributed by atoms with Crippen LogP contribution in [0.25, 0.3) is 0 Å². The third-order valence-corrected chi connectivity index (χ3v) is 3.90. The summed E-state index contributed by atoms with van der Waals surface area (Å²) in [7, 11) is 0. The van der Waals surface area contributed by atoms with Gasteiger partial charge < -0.3 is 0 Å². The van der Waals surface area contributed by atoms with Gasteiger partial charge in [-0.3, -0.25) is 24.7 Å². The molecule has 20 heavy (non-hydrogen) atoms. The standard InChI is InChI=1S/C13H14BrN3O3/c14-10-6-8(13(20)16-15)4-5-9(10)7-17-11(18)2-1-3-12(17)19/h4-6H,1-3,7,15H2,(H,16,20). The van der Waals surface area contributed by atoms with Crippen LogP contribution >= 0.6 is 15.9 Å². The summed E-state index contributed by atoms with van der Waals surface area (Å²) >= 11 is 3.34. The van der Waals surface area contributed by atoms with E-state index in [9.17, 15) is 14.4 Å². The molecule has 1 saturated heterocycles. The quantitative estimate of drug-likeness (QED) is 0.373. The van der Waals surface area contributed by atoms with Gasteiger partial charge in [0.1, 0.15) is 0 Å². The van der Waals surface area contributed by atoms with Gasteiger partial charge in [-0.2, -0.15) is 0 Å². The molecule has 0 spiro atoms. The first-order valence-corrected chi connectivity index (χ1v) is 6.95. The van der Waals surface area contributed by atoms with Gasteiger partial charge in [0.05, 0.1) is 6.54 Å². The molecule has 0 unspecified atom stereocenters. The van der Waals surface area contributed by atoms with Crippen molar-refractivity contribution in [1.82, 2.24) is 10.3 Å². The molecule has 1 aliphatic rings. The normalized spacial score (nSPS) is 15.4. The average molecular weight is 340 g/mol. The molecule has 6 nitrogen and oxygen atoms in total. The number of hydrogen-bond donors (Lipinski definition) is 2. The van der Waals surface area contributed by atoms with Gasteiger partial charge in [0.2, 0.25) is 11.8 Å². The van der Waals surface area contributed by atoms with Crippen LogP contribution < -0.4 is 11.3 Å². The Morgan fingerprint density at radius 3 is 2.50 bits per heavy atom. The van der Waals surface area contributed by atoms with E-state index in [0.29, 0.717) is 29.3 Å². The predicted molar refractivity (Wildman–Crippen MR) is 75.2 cm³/mol. The van der Waals surface area contributed by atoms with Gasteiger partial charge in [0.25, 0.3) is 5.91 Å². The number of carbonyl (C=O) groups is 3. The van der Waals surface area contributed by atoms with Crippen LogP contribution in [0.15, 0.2) is 22.7 Å². The van der Waals surface area contributed by atoms with Crippen molar-refractivity contribution in [3.63, 3.8) is 0 Å². The molecule has 1 heterocycles. The number of likely N-dealkylation sites (tertiary alicyclic amines) is 1. The Hall–Kier alpha value is -1.73. The second kappa shape index (κ2) is 6.15. The molecular formula is C13H14BrN3O3. The number of nitrogen functional groups attached to an aromatic ring is 1. The molecule has 0 atom stereocenters. The maximum Gasteiger partial charge on any atom is 0.265 e. The van der Waals surface area contributed by atoms with E-state index in [4.69, 9.17) is 5.84 Å². The minimum atomic E-state index is -0.401. The highest BCUT2D eigenvalue weighted by Crippen LogP contribution is 2.23. The van der Waals surface area contributed by atoms with E-state index in [1.165, 1.54) is 4.90 Å². The minimum Gasteiger partial charge on any atom is -0.290 e. The number of benzene rings is 1. The molecule has 1 aromatic rings. The van der Waals surface area contributed by atoms with Crippen LogP contribution in [0.2, 0.25) is 0 Å². The van der Waals surface area contributed by atoms with E-state index >= 15 is 0 Å². The number of nitrogens with zero attached hydrogens (tertiary/aromatic N) is 1. The van der Waals surface area contributed by atoms with E-state index in [2.05, 4.69) is 15.9 Å². The van der Waals surface area contributed by atoms with Gasteiger partial charge in [0, 0.05) is 22.9 Å². The van der Waals surface area contributed by atoms with Crippen molar-refractivity contribution in [1.29, 1.82) is 0 Å². The van der Waals surface area contributed by atoms with Gasteiger partial charge in [0.15, 0.2) is 0 Å². The zero-order valence-electron chi connectivity index (χ0n) is 10.7. The zero-order chi connectivity index (χ0) is 14.7. The number of nitrogens with two attached hydrogens (primary N) is 1. The lowest BCUT2D eigenvalue weighted by atomic mass is 10.1. The van der Waals surface area contributed by atoms with E-state index in [1.807, 2.05) is 5.43 Å². The van der Waals surface area contributed by atoms with Crippen LogP contribution in [0.5, 0.6) is 0 Å². The van der Waals surface area contributed by atoms with Gasteiger partial charge in [-0.15, -0.1) is 0 Å². The monoisotopic (exact) mass is 339 g/mol. The minimum absolute atomic E-state index is 0.156. The van der Waals surface area contributed by atoms with E-state index in [0.717, 1.165) is 5.56 Å². The maximum absolute atomic E-state index is 11.8. The van der Waals surface area contributed by atoms with Crippen molar-refractivity contribution < 1.29 is 14.4 Å². The number of imide groups is 1. The highest BCUT2D eigenvalue weighted by molar-refractivity contribution is 9.10. The lowest BCUT2D eigenvalue weighted by molar-refractivity contribution is -0.148. The Labute approximate surface area is 124 Å². The molecule has 3 N–H and O–H groups in total. The lowest BCUT2D eigenvalue weighted by Crippen LogP contribution is -2.39. The Bertz CT molecular complexity index is 558. The summed E-state index contributed by atoms with van der Waals surface area (Å²) in [6.45, 7) is 0.211. The number of halogens is 1. The van der Waals surface area contributed by atoms with Crippen molar-refractivity contribution in [2.45, 2.75) is 25.8 Å². The molecule has 0 radical (unpaired) electrons. The van der Waals surface area contributed by atoms with Crippen molar-refractivity contribution in [2.24, 2.45) is 5.84 Å². The number of piperidine rings is 1. The van der Waals surface area contributed by atoms with Gasteiger partial charge in [-0.1, -0.05) is 22.0 Å². The molecule has 1 aliphatic heterocycles. The van der Waals surface area contributed by atoms with Crippen LogP contribution in [-0.2, 0) is 16.1 Å². The van der Waals surface area contributed by atoms with Gasteiger partial charge >= 0.3 is 0 Å². The highest BCUT2D eigenvalue weighted by Gasteiger charge is 2.26. The molecule has 106 valence electrons. The summed E-state index contributed by atoms with van der Waals surface area (Å²) in [5, 5.41) is 0. The zero-order valence-corrected chi connectivity index (χ0v) is 12.3. The smallest absolute Gasteiger partial charge is 0.265 e. The summed E-state index contributed by atoms with van der Waals surface area (Å²) in [6, 6.07) is 4.90. The fraction of sp³-hybridized carbons (Fsp3) is 0.308. The molecule has 2 rings (SSSR count). The Kier molecular flexibility index (Phi) is 4.51. The van der Waals surface area contributed by atoms with Gasteiger partial charge in [-0.05, 0) is 24.1 Å². The van der Waals surface area contributed by atoms with Crippen molar-refractivity contribution in [3.05, 3.63) is 33.8 Å². The van der Waals surface area contributed by atoms with Crippen molar-refractivity contribution in [2.75, 3.05) is 0 Å². The number of rotatable bonds is 3. The van der Waals surface area contributed by atoms with Crippen LogP contribution in [0.1, 0.15) is 35.2 Å². The number of amides is 3. The second-order valence-electron chi connectivity index (χ2n) is 4.51. The van der Waals surface area contributed by atoms with E-state index in [1.54, 1.807) is 18.2 Å². The maximum atomic E-state index is 11.8. The first-order chi connectivity index (χ1) is 9.52. The lowest BCUT2D eigenvalue weighted by Gasteiger charge is -2.25. The first kappa shape index (κ1) is 14.7. The summed E-state index contributed by atoms with van der Waals surface area (Å²) in [5.41, 5.74) is 3.21. The molecule has 0 aliphatic carbocycles. The van der Waals surface area contributed by atoms with Crippen molar-refractivity contribution >= 4 is 33.7 Å². The molecule has 0 saturated carbocycles. The van der Waals surface area contributed by atoms with Crippen molar-refractivity contribution in [3.8, 4) is 0 Å². The molecule has 1 fully saturated rings. The third-order valence-electron chi connectivity index (χ3n) is 3.16. The number of nitrogens with one attached hydrogen (secondary N) is 1. The first-order valence-electron chi connectivity index (χ1n) is 6.15. The molecule has 7 heteroatoms. The van der Waals surface area contributed by atoms with Gasteiger partial charge in [-0.25, -0.2) is 5.84 Å². The molecule has 0 bridgehead atoms. The fourth-order valence-electron chi connectivity index (χ4n) is 2.05. The number of hydrazine groups is 1. The van der Waals surface area contributed by atoms with E-state index < -0.39 is 5.91 Å². The van der Waals surface area contributed by atoms with Crippen LogP contribution in [-0.4, -0.2) is 22.6 Å². The molecule has 3 amide bonds. The molecular weight excluding hydrogens is 326 g/mol. The molecule has 0 aromatic heterocycles. The summed E-state index contributed by atoms with van der Waals surface area (Å²) < 4.78 is 0.657. The van der Waals surface area contributed by atoms with Crippen LogP contribution in [0.4, 0.5) is 0 Å². The Morgan fingerprint density at radius 1 is 1.30 bits per heavy atom. The summed E-state index contributed by atoms with van der Waals surface area (Å²) in [5.74, 6) is 4.35. The predicted octanol–water partition coefficient (Wildman–Crippen LogP) is 1.09. The fourth-order valence-corrected chi connectivity index (χ4v) is 2.55. The van der Waals surface area contributed by atoms with Crippen LogP contribution in [0.3, 0.4) is 0 Å². The topological polar surface area (TPSA) is 92.5 Å². The number of hydrogen-bond acceptors (Lipinski definition) is 4. The average Bonchev–Trinajstić information content (AvgIpc) is 2.43. The highest BCUT2D eigenvalue weighted by atomic mass is 79.9. The molecule has 1 aromatic carbocycles.